The lowest BCUT2D eigenvalue weighted by atomic mass is 10.1. The largest absolute Gasteiger partial charge is 0.483 e. The highest BCUT2D eigenvalue weighted by atomic mass is 79.9. The van der Waals surface area contributed by atoms with E-state index in [1.807, 2.05) is 0 Å². The summed E-state index contributed by atoms with van der Waals surface area (Å²) in [5, 5.41) is -0.0146. The minimum absolute atomic E-state index is 0.0146. The Balaban J connectivity index is 2.29. The van der Waals surface area contributed by atoms with Gasteiger partial charge in [0.1, 0.15) is 23.5 Å². The van der Waals surface area contributed by atoms with Gasteiger partial charge in [-0.15, -0.1) is 0 Å². The molecule has 0 heterocycles. The van der Waals surface area contributed by atoms with Crippen LogP contribution in [-0.4, -0.2) is 6.54 Å². The monoisotopic (exact) mass is 361 g/mol. The number of halogens is 4. The third-order valence-corrected chi connectivity index (χ3v) is 3.59. The minimum atomic E-state index is -0.597. The van der Waals surface area contributed by atoms with Crippen molar-refractivity contribution in [1.82, 2.24) is 0 Å². The molecule has 2 aromatic rings. The zero-order valence-electron chi connectivity index (χ0n) is 10.2. The molecule has 20 heavy (non-hydrogen) atoms. The second kappa shape index (κ2) is 6.52. The van der Waals surface area contributed by atoms with Crippen molar-refractivity contribution >= 4 is 27.5 Å². The number of hydrogen-bond acceptors (Lipinski definition) is 2. The van der Waals surface area contributed by atoms with Crippen LogP contribution in [0.3, 0.4) is 0 Å². The van der Waals surface area contributed by atoms with Gasteiger partial charge in [0.25, 0.3) is 0 Å². The Hall–Kier alpha value is -1.17. The Bertz CT molecular complexity index is 624. The second-order valence-corrected chi connectivity index (χ2v) is 5.36. The van der Waals surface area contributed by atoms with Crippen molar-refractivity contribution in [3.8, 4) is 5.75 Å². The Morgan fingerprint density at radius 2 is 2.00 bits per heavy atom. The van der Waals surface area contributed by atoms with Crippen LogP contribution in [0.2, 0.25) is 5.02 Å². The predicted molar refractivity (Wildman–Crippen MR) is 77.9 cm³/mol. The first-order valence-electron chi connectivity index (χ1n) is 5.78. The maximum atomic E-state index is 13.5. The van der Waals surface area contributed by atoms with Gasteiger partial charge >= 0.3 is 0 Å². The smallest absolute Gasteiger partial charge is 0.145 e. The topological polar surface area (TPSA) is 35.2 Å². The van der Waals surface area contributed by atoms with Gasteiger partial charge in [0.15, 0.2) is 0 Å². The highest BCUT2D eigenvalue weighted by Crippen LogP contribution is 2.33. The summed E-state index contributed by atoms with van der Waals surface area (Å²) < 4.78 is 32.8. The van der Waals surface area contributed by atoms with Gasteiger partial charge in [-0.3, -0.25) is 0 Å². The SMILES string of the molecule is NCC(Oc1cc(F)c(Cl)cc1Br)c1cccc(F)c1. The van der Waals surface area contributed by atoms with Gasteiger partial charge in [-0.25, -0.2) is 8.78 Å². The van der Waals surface area contributed by atoms with Gasteiger partial charge in [-0.2, -0.15) is 0 Å². The molecule has 0 radical (unpaired) electrons. The zero-order valence-corrected chi connectivity index (χ0v) is 12.6. The van der Waals surface area contributed by atoms with Crippen LogP contribution in [0.15, 0.2) is 40.9 Å². The van der Waals surface area contributed by atoms with Gasteiger partial charge in [-0.1, -0.05) is 23.7 Å². The van der Waals surface area contributed by atoms with Crippen LogP contribution in [0.4, 0.5) is 8.78 Å². The highest BCUT2D eigenvalue weighted by molar-refractivity contribution is 9.10. The summed E-state index contributed by atoms with van der Waals surface area (Å²) >= 11 is 8.89. The normalized spacial score (nSPS) is 12.2. The molecule has 0 aliphatic rings. The average molecular weight is 363 g/mol. The van der Waals surface area contributed by atoms with E-state index in [4.69, 9.17) is 22.1 Å². The van der Waals surface area contributed by atoms with Crippen LogP contribution >= 0.6 is 27.5 Å². The molecule has 2 aromatic carbocycles. The molecule has 0 fully saturated rings. The molecule has 6 heteroatoms. The number of ether oxygens (including phenoxy) is 1. The Kier molecular flexibility index (Phi) is 4.96. The highest BCUT2D eigenvalue weighted by Gasteiger charge is 2.15. The van der Waals surface area contributed by atoms with Crippen molar-refractivity contribution in [1.29, 1.82) is 0 Å². The maximum absolute atomic E-state index is 13.5. The van der Waals surface area contributed by atoms with Crippen LogP contribution in [-0.2, 0) is 0 Å². The van der Waals surface area contributed by atoms with E-state index < -0.39 is 11.9 Å². The minimum Gasteiger partial charge on any atom is -0.483 e. The van der Waals surface area contributed by atoms with Crippen LogP contribution in [0.25, 0.3) is 0 Å². The van der Waals surface area contributed by atoms with Crippen molar-refractivity contribution in [2.24, 2.45) is 5.73 Å². The average Bonchev–Trinajstić information content (AvgIpc) is 2.41. The van der Waals surface area contributed by atoms with Crippen LogP contribution in [0.5, 0.6) is 5.75 Å². The summed E-state index contributed by atoms with van der Waals surface area (Å²) in [6, 6.07) is 8.47. The summed E-state index contributed by atoms with van der Waals surface area (Å²) in [4.78, 5) is 0. The first-order chi connectivity index (χ1) is 9.51. The molecule has 0 bridgehead atoms. The lowest BCUT2D eigenvalue weighted by Crippen LogP contribution is -2.18. The fraction of sp³-hybridized carbons (Fsp3) is 0.143. The van der Waals surface area contributed by atoms with E-state index in [2.05, 4.69) is 15.9 Å². The van der Waals surface area contributed by atoms with Crippen molar-refractivity contribution < 1.29 is 13.5 Å². The van der Waals surface area contributed by atoms with E-state index >= 15 is 0 Å². The van der Waals surface area contributed by atoms with Crippen LogP contribution in [0, 0.1) is 11.6 Å². The Labute approximate surface area is 128 Å². The van der Waals surface area contributed by atoms with Crippen LogP contribution in [0.1, 0.15) is 11.7 Å². The molecule has 106 valence electrons. The van der Waals surface area contributed by atoms with Crippen molar-refractivity contribution in [2.45, 2.75) is 6.10 Å². The Morgan fingerprint density at radius 1 is 1.25 bits per heavy atom. The van der Waals surface area contributed by atoms with Crippen LogP contribution < -0.4 is 10.5 Å². The van der Waals surface area contributed by atoms with E-state index in [1.165, 1.54) is 18.2 Å². The predicted octanol–water partition coefficient (Wildman–Crippen LogP) is 4.46. The summed E-state index contributed by atoms with van der Waals surface area (Å²) in [5.41, 5.74) is 6.22. The first-order valence-corrected chi connectivity index (χ1v) is 6.95. The zero-order chi connectivity index (χ0) is 14.7. The molecule has 2 nitrogen and oxygen atoms in total. The molecule has 0 amide bonds. The molecule has 2 N–H and O–H groups in total. The number of hydrogen-bond donors (Lipinski definition) is 1. The summed E-state index contributed by atoms with van der Waals surface area (Å²) in [5.74, 6) is -0.725. The fourth-order valence-electron chi connectivity index (χ4n) is 1.71. The molecule has 0 aromatic heterocycles. The fourth-order valence-corrected chi connectivity index (χ4v) is 2.44. The summed E-state index contributed by atoms with van der Waals surface area (Å²) in [6.45, 7) is 0.125. The first kappa shape index (κ1) is 15.2. The molecular weight excluding hydrogens is 352 g/mol. The maximum Gasteiger partial charge on any atom is 0.145 e. The Morgan fingerprint density at radius 3 is 2.65 bits per heavy atom. The molecule has 0 saturated carbocycles. The lowest BCUT2D eigenvalue weighted by Gasteiger charge is -2.19. The molecule has 1 atom stereocenters. The second-order valence-electron chi connectivity index (χ2n) is 4.09. The van der Waals surface area contributed by atoms with Crippen molar-refractivity contribution in [3.05, 3.63) is 63.1 Å². The number of rotatable bonds is 4. The molecule has 0 aliphatic heterocycles. The quantitative estimate of drug-likeness (QED) is 0.815. The summed E-state index contributed by atoms with van der Waals surface area (Å²) in [7, 11) is 0. The molecule has 0 spiro atoms. The van der Waals surface area contributed by atoms with Crippen molar-refractivity contribution in [2.75, 3.05) is 6.54 Å². The van der Waals surface area contributed by atoms with E-state index in [0.29, 0.717) is 10.0 Å². The molecule has 0 aliphatic carbocycles. The third-order valence-electron chi connectivity index (χ3n) is 2.68. The van der Waals surface area contributed by atoms with Crippen molar-refractivity contribution in [3.63, 3.8) is 0 Å². The summed E-state index contributed by atoms with van der Waals surface area (Å²) in [6.07, 6.45) is -0.581. The van der Waals surface area contributed by atoms with Gasteiger partial charge in [0, 0.05) is 12.6 Å². The lowest BCUT2D eigenvalue weighted by molar-refractivity contribution is 0.211. The molecule has 1 unspecified atom stereocenters. The molecule has 0 saturated heterocycles. The van der Waals surface area contributed by atoms with Gasteiger partial charge in [0.05, 0.1) is 9.50 Å². The number of nitrogens with two attached hydrogens (primary N) is 1. The van der Waals surface area contributed by atoms with Gasteiger partial charge in [0.2, 0.25) is 0 Å². The van der Waals surface area contributed by atoms with Gasteiger partial charge in [-0.05, 0) is 39.7 Å². The molecular formula is C14H11BrClF2NO. The van der Waals surface area contributed by atoms with E-state index in [0.717, 1.165) is 6.07 Å². The van der Waals surface area contributed by atoms with E-state index in [1.54, 1.807) is 12.1 Å². The third kappa shape index (κ3) is 3.48. The standard InChI is InChI=1S/C14H11BrClF2NO/c15-10-5-11(16)12(18)6-13(10)20-14(7-19)8-2-1-3-9(17)4-8/h1-6,14H,7,19H2. The van der Waals surface area contributed by atoms with E-state index in [9.17, 15) is 8.78 Å². The molecule has 2 rings (SSSR count). The van der Waals surface area contributed by atoms with E-state index in [-0.39, 0.29) is 23.1 Å². The van der Waals surface area contributed by atoms with Gasteiger partial charge < -0.3 is 10.5 Å². The number of benzene rings is 2.